The molecule has 1 aromatic heterocycles. The molecule has 272 valence electrons. The third-order valence-corrected chi connectivity index (χ3v) is 7.97. The summed E-state index contributed by atoms with van der Waals surface area (Å²) >= 11 is 0. The Balaban J connectivity index is 1.49. The smallest absolute Gasteiger partial charge is 0.317 e. The molecule has 0 aliphatic carbocycles. The summed E-state index contributed by atoms with van der Waals surface area (Å²) in [6.45, 7) is -1.45. The van der Waals surface area contributed by atoms with E-state index >= 15 is 0 Å². The summed E-state index contributed by atoms with van der Waals surface area (Å²) in [6.07, 6.45) is -18.1. The number of fused-ring (bicyclic) bond motifs is 1. The maximum absolute atomic E-state index is 13.9. The van der Waals surface area contributed by atoms with Gasteiger partial charge in [-0.2, -0.15) is 0 Å². The minimum Gasteiger partial charge on any atom is -0.507 e. The largest absolute Gasteiger partial charge is 0.507 e. The SMILES string of the molecule is COc1cc(O)c2c(=O)c(O[C@H]3O[C@@H](COC(=O)CC(=O)O)[C@H](O)[C@@H](O)[C@@H]3O)c(-c3ccc(O[C@H]4O[C@@H](CO)[C@H](O)[C@@H](O)[C@@H]4O)cc3)oc2c1. The average Bonchev–Trinajstić information content (AvgIpc) is 3.08. The van der Waals surface area contributed by atoms with E-state index in [0.29, 0.717) is 0 Å². The Labute approximate surface area is 280 Å². The minimum absolute atomic E-state index is 0.0476. The lowest BCUT2D eigenvalue weighted by Crippen LogP contribution is -2.60. The van der Waals surface area contributed by atoms with Crippen molar-refractivity contribution in [3.8, 4) is 34.3 Å². The van der Waals surface area contributed by atoms with Gasteiger partial charge in [0.1, 0.15) is 90.1 Å². The number of aliphatic carboxylic acids is 1. The number of ether oxygens (including phenoxy) is 6. The number of phenolic OH excluding ortho intramolecular Hbond substituents is 1. The molecule has 2 saturated heterocycles. The van der Waals surface area contributed by atoms with E-state index in [0.717, 1.165) is 6.07 Å². The van der Waals surface area contributed by atoms with Crippen molar-refractivity contribution in [2.24, 2.45) is 0 Å². The zero-order valence-corrected chi connectivity index (χ0v) is 26.0. The summed E-state index contributed by atoms with van der Waals surface area (Å²) in [6, 6.07) is 7.81. The number of carboxylic acids is 1. The first kappa shape index (κ1) is 36.7. The maximum atomic E-state index is 13.9. The fourth-order valence-corrected chi connectivity index (χ4v) is 5.27. The van der Waals surface area contributed by atoms with Crippen LogP contribution in [0.1, 0.15) is 6.42 Å². The number of carboxylic acid groups (broad SMARTS) is 1. The van der Waals surface area contributed by atoms with Crippen LogP contribution in [0.15, 0.2) is 45.6 Å². The van der Waals surface area contributed by atoms with Gasteiger partial charge in [-0.1, -0.05) is 0 Å². The topological polar surface area (TPSA) is 302 Å². The number of hydrogen-bond acceptors (Lipinski definition) is 18. The van der Waals surface area contributed by atoms with Crippen LogP contribution in [0, 0.1) is 0 Å². The number of hydrogen-bond donors (Lipinski definition) is 9. The lowest BCUT2D eigenvalue weighted by Gasteiger charge is -2.39. The lowest BCUT2D eigenvalue weighted by molar-refractivity contribution is -0.278. The molecule has 3 aromatic rings. The first-order chi connectivity index (χ1) is 23.7. The number of rotatable bonds is 11. The first-order valence-corrected chi connectivity index (χ1v) is 14.9. The van der Waals surface area contributed by atoms with Gasteiger partial charge in [0.15, 0.2) is 5.76 Å². The van der Waals surface area contributed by atoms with Crippen LogP contribution in [0.5, 0.6) is 23.0 Å². The second kappa shape index (κ2) is 15.1. The second-order valence-corrected chi connectivity index (χ2v) is 11.3. The van der Waals surface area contributed by atoms with E-state index in [2.05, 4.69) is 0 Å². The molecular weight excluding hydrogens is 676 g/mol. The van der Waals surface area contributed by atoms with Crippen LogP contribution in [0.25, 0.3) is 22.3 Å². The third-order valence-electron chi connectivity index (χ3n) is 7.97. The number of benzene rings is 2. The summed E-state index contributed by atoms with van der Waals surface area (Å²) < 4.78 is 38.2. The van der Waals surface area contributed by atoms with Crippen molar-refractivity contribution in [1.29, 1.82) is 0 Å². The normalized spacial score (nSPS) is 29.7. The van der Waals surface area contributed by atoms with Crippen molar-refractivity contribution in [2.45, 2.75) is 67.8 Å². The van der Waals surface area contributed by atoms with Crippen molar-refractivity contribution in [3.63, 3.8) is 0 Å². The average molecular weight is 711 g/mol. The molecule has 0 saturated carbocycles. The number of aliphatic hydroxyl groups excluding tert-OH is 7. The molecule has 19 nitrogen and oxygen atoms in total. The van der Waals surface area contributed by atoms with Crippen LogP contribution >= 0.6 is 0 Å². The Kier molecular flexibility index (Phi) is 11.1. The van der Waals surface area contributed by atoms with E-state index in [-0.39, 0.29) is 33.8 Å². The summed E-state index contributed by atoms with van der Waals surface area (Å²) in [7, 11) is 1.31. The van der Waals surface area contributed by atoms with E-state index in [1.54, 1.807) is 0 Å². The van der Waals surface area contributed by atoms with E-state index in [1.807, 2.05) is 0 Å². The van der Waals surface area contributed by atoms with Gasteiger partial charge in [-0.05, 0) is 24.3 Å². The maximum Gasteiger partial charge on any atom is 0.317 e. The summed E-state index contributed by atoms with van der Waals surface area (Å²) in [4.78, 5) is 36.4. The fraction of sp³-hybridized carbons (Fsp3) is 0.452. The quantitative estimate of drug-likeness (QED) is 0.0737. The second-order valence-electron chi connectivity index (χ2n) is 11.3. The highest BCUT2D eigenvalue weighted by Gasteiger charge is 2.47. The number of esters is 1. The molecule has 0 unspecified atom stereocenters. The number of aromatic hydroxyl groups is 1. The Hall–Kier alpha value is -4.57. The van der Waals surface area contributed by atoms with E-state index < -0.39 is 110 Å². The molecule has 9 N–H and O–H groups in total. The van der Waals surface area contributed by atoms with Gasteiger partial charge in [-0.25, -0.2) is 0 Å². The van der Waals surface area contributed by atoms with E-state index in [9.17, 15) is 55.2 Å². The Morgan fingerprint density at radius 3 is 2.00 bits per heavy atom. The molecule has 2 aliphatic heterocycles. The number of carbonyl (C=O) groups is 2. The van der Waals surface area contributed by atoms with E-state index in [1.165, 1.54) is 37.4 Å². The van der Waals surface area contributed by atoms with Crippen LogP contribution in [0.2, 0.25) is 0 Å². The summed E-state index contributed by atoms with van der Waals surface area (Å²) in [5, 5.41) is 90.6. The van der Waals surface area contributed by atoms with Gasteiger partial charge in [-0.15, -0.1) is 0 Å². The van der Waals surface area contributed by atoms with Crippen LogP contribution < -0.4 is 19.6 Å². The molecule has 5 rings (SSSR count). The van der Waals surface area contributed by atoms with Crippen LogP contribution in [-0.2, 0) is 23.8 Å². The van der Waals surface area contributed by atoms with Crippen molar-refractivity contribution in [1.82, 2.24) is 0 Å². The third kappa shape index (κ3) is 7.45. The molecule has 3 heterocycles. The molecule has 2 aromatic carbocycles. The molecule has 0 radical (unpaired) electrons. The predicted molar refractivity (Wildman–Crippen MR) is 161 cm³/mol. The predicted octanol–water partition coefficient (Wildman–Crippen LogP) is -2.44. The van der Waals surface area contributed by atoms with E-state index in [4.69, 9.17) is 37.9 Å². The zero-order valence-electron chi connectivity index (χ0n) is 26.0. The Morgan fingerprint density at radius 2 is 1.40 bits per heavy atom. The molecule has 0 spiro atoms. The number of phenols is 1. The summed E-state index contributed by atoms with van der Waals surface area (Å²) in [5.74, 6) is -4.05. The van der Waals surface area contributed by atoms with Crippen LogP contribution in [-0.4, -0.2) is 140 Å². The van der Waals surface area contributed by atoms with Crippen molar-refractivity contribution in [2.75, 3.05) is 20.3 Å². The molecule has 2 aliphatic rings. The van der Waals surface area contributed by atoms with Crippen molar-refractivity contribution in [3.05, 3.63) is 46.6 Å². The van der Waals surface area contributed by atoms with Crippen molar-refractivity contribution >= 4 is 22.9 Å². The molecule has 0 bridgehead atoms. The zero-order chi connectivity index (χ0) is 36.4. The molecular formula is C31H34O19. The Bertz CT molecular complexity index is 1740. The molecule has 0 amide bonds. The first-order valence-electron chi connectivity index (χ1n) is 14.9. The van der Waals surface area contributed by atoms with Gasteiger partial charge in [-0.3, -0.25) is 14.4 Å². The molecule has 10 atom stereocenters. The fourth-order valence-electron chi connectivity index (χ4n) is 5.27. The highest BCUT2D eigenvalue weighted by Crippen LogP contribution is 2.38. The standard InChI is InChI=1S/C31H34O19/c1-44-13-6-14(33)20-15(7-13)47-28(11-2-4-12(5-3-11)46-30-26(42)24(40)21(37)16(9-32)48-30)29(23(20)39)50-31-27(43)25(41)22(38)17(49-31)10-45-19(36)8-18(34)35/h2-7,16-17,21-22,24-27,30-33,37-38,40-43H,8-10H2,1H3,(H,34,35)/t16-,17-,21-,22-,24+,25+,26-,27-,30-,31+/m0/s1. The monoisotopic (exact) mass is 710 g/mol. The highest BCUT2D eigenvalue weighted by atomic mass is 16.7. The summed E-state index contributed by atoms with van der Waals surface area (Å²) in [5.41, 5.74) is -1.03. The highest BCUT2D eigenvalue weighted by molar-refractivity contribution is 5.90. The van der Waals surface area contributed by atoms with Gasteiger partial charge < -0.3 is 78.8 Å². The van der Waals surface area contributed by atoms with Gasteiger partial charge in [0, 0.05) is 17.7 Å². The lowest BCUT2D eigenvalue weighted by atomic mass is 9.99. The number of carbonyl (C=O) groups excluding carboxylic acids is 1. The van der Waals surface area contributed by atoms with Crippen LogP contribution in [0.4, 0.5) is 0 Å². The number of aliphatic hydroxyl groups is 7. The minimum atomic E-state index is -2.00. The number of methoxy groups -OCH3 is 1. The van der Waals surface area contributed by atoms with Crippen molar-refractivity contribution < 1.29 is 88.4 Å². The molecule has 50 heavy (non-hydrogen) atoms. The van der Waals surface area contributed by atoms with Gasteiger partial charge >= 0.3 is 11.9 Å². The molecule has 2 fully saturated rings. The van der Waals surface area contributed by atoms with Gasteiger partial charge in [0.2, 0.25) is 23.8 Å². The van der Waals surface area contributed by atoms with Crippen LogP contribution in [0.3, 0.4) is 0 Å². The van der Waals surface area contributed by atoms with Gasteiger partial charge in [0.25, 0.3) is 0 Å². The Morgan fingerprint density at radius 1 is 0.800 bits per heavy atom. The molecule has 19 heteroatoms. The van der Waals surface area contributed by atoms with Gasteiger partial charge in [0.05, 0.1) is 13.7 Å².